The van der Waals surface area contributed by atoms with E-state index in [-0.39, 0.29) is 0 Å². The van der Waals surface area contributed by atoms with Crippen molar-refractivity contribution in [2.24, 2.45) is 5.10 Å². The molecule has 1 N–H and O–H groups in total. The van der Waals surface area contributed by atoms with Crippen LogP contribution in [0.25, 0.3) is 0 Å². The molecule has 110 valence electrons. The lowest BCUT2D eigenvalue weighted by atomic mass is 10.1. The van der Waals surface area contributed by atoms with Crippen LogP contribution in [0, 0.1) is 0 Å². The van der Waals surface area contributed by atoms with Crippen molar-refractivity contribution in [1.82, 2.24) is 0 Å². The van der Waals surface area contributed by atoms with Crippen LogP contribution < -0.4 is 5.43 Å². The minimum Gasteiger partial charge on any atom is -0.275 e. The minimum absolute atomic E-state index is 0.381. The molecule has 0 aliphatic heterocycles. The molecule has 0 heterocycles. The molecular weight excluding hydrogens is 373 g/mol. The summed E-state index contributed by atoms with van der Waals surface area (Å²) in [5.74, 6) is 0. The Bertz CT molecular complexity index is 690. The lowest BCUT2D eigenvalue weighted by molar-refractivity contribution is 1.32. The lowest BCUT2D eigenvalue weighted by Gasteiger charge is -2.09. The van der Waals surface area contributed by atoms with Crippen molar-refractivity contribution in [3.8, 4) is 0 Å². The lowest BCUT2D eigenvalue weighted by Crippen LogP contribution is -2.01. The predicted octanol–water partition coefficient (Wildman–Crippen LogP) is 6.79. The summed E-state index contributed by atoms with van der Waals surface area (Å²) in [5, 5.41) is 6.53. The Labute approximate surface area is 147 Å². The van der Waals surface area contributed by atoms with E-state index in [2.05, 4.69) is 10.5 Å². The van der Waals surface area contributed by atoms with E-state index in [0.29, 0.717) is 36.5 Å². The van der Waals surface area contributed by atoms with Crippen molar-refractivity contribution in [2.45, 2.75) is 6.92 Å². The van der Waals surface area contributed by atoms with E-state index in [0.717, 1.165) is 5.56 Å². The Balaban J connectivity index is 2.29. The van der Waals surface area contributed by atoms with E-state index in [1.54, 1.807) is 37.3 Å². The zero-order valence-electron chi connectivity index (χ0n) is 10.7. The molecule has 0 saturated heterocycles. The maximum absolute atomic E-state index is 6.13. The molecule has 0 bridgehead atoms. The zero-order valence-corrected chi connectivity index (χ0v) is 14.5. The summed E-state index contributed by atoms with van der Waals surface area (Å²) in [6, 6.07) is 8.34. The van der Waals surface area contributed by atoms with Crippen LogP contribution in [0.4, 0.5) is 5.69 Å². The van der Waals surface area contributed by atoms with Crippen molar-refractivity contribution < 1.29 is 0 Å². The van der Waals surface area contributed by atoms with Gasteiger partial charge in [0.25, 0.3) is 0 Å². The van der Waals surface area contributed by atoms with Crippen LogP contribution >= 0.6 is 58.0 Å². The predicted molar refractivity (Wildman–Crippen MR) is 93.8 cm³/mol. The minimum atomic E-state index is 0.381. The molecular formula is C14H9Cl5N2. The summed E-state index contributed by atoms with van der Waals surface area (Å²) in [6.45, 7) is 1.81. The van der Waals surface area contributed by atoms with Gasteiger partial charge in [0.1, 0.15) is 0 Å². The molecule has 2 aromatic rings. The quantitative estimate of drug-likeness (QED) is 0.459. The molecule has 0 aliphatic carbocycles. The Morgan fingerprint density at radius 1 is 0.857 bits per heavy atom. The fraction of sp³-hybridized carbons (Fsp3) is 0.0714. The SMILES string of the molecule is C/C(=N\Nc1c(Cl)cc(Cl)cc1Cl)c1ccc(Cl)cc1Cl. The van der Waals surface area contributed by atoms with Crippen molar-refractivity contribution in [3.63, 3.8) is 0 Å². The van der Waals surface area contributed by atoms with Crippen molar-refractivity contribution in [2.75, 3.05) is 5.43 Å². The first kappa shape index (κ1) is 16.7. The molecule has 0 radical (unpaired) electrons. The summed E-state index contributed by atoms with van der Waals surface area (Å²) in [4.78, 5) is 0. The van der Waals surface area contributed by atoms with Crippen LogP contribution in [-0.2, 0) is 0 Å². The molecule has 0 aromatic heterocycles. The third-order valence-corrected chi connectivity index (χ3v) is 4.03. The first-order valence-electron chi connectivity index (χ1n) is 5.78. The normalized spacial score (nSPS) is 11.6. The second-order valence-electron chi connectivity index (χ2n) is 4.18. The first-order valence-corrected chi connectivity index (χ1v) is 7.67. The van der Waals surface area contributed by atoms with Crippen LogP contribution in [0.5, 0.6) is 0 Å². The highest BCUT2D eigenvalue weighted by atomic mass is 35.5. The summed E-state index contributed by atoms with van der Waals surface area (Å²) in [6.07, 6.45) is 0. The molecule has 0 aliphatic rings. The van der Waals surface area contributed by atoms with Gasteiger partial charge in [0.2, 0.25) is 0 Å². The first-order chi connectivity index (χ1) is 9.88. The Kier molecular flexibility index (Phi) is 5.64. The van der Waals surface area contributed by atoms with Gasteiger partial charge in [-0.1, -0.05) is 64.1 Å². The highest BCUT2D eigenvalue weighted by Gasteiger charge is 2.08. The molecule has 2 nitrogen and oxygen atoms in total. The Morgan fingerprint density at radius 2 is 1.43 bits per heavy atom. The van der Waals surface area contributed by atoms with Crippen LogP contribution in [0.3, 0.4) is 0 Å². The van der Waals surface area contributed by atoms with Crippen LogP contribution in [0.1, 0.15) is 12.5 Å². The maximum Gasteiger partial charge on any atom is 0.0935 e. The molecule has 2 aromatic carbocycles. The number of hydrogen-bond acceptors (Lipinski definition) is 2. The summed E-state index contributed by atoms with van der Waals surface area (Å²) in [5.41, 5.74) is 4.73. The van der Waals surface area contributed by atoms with Gasteiger partial charge in [0.05, 0.1) is 26.5 Å². The Hall–Kier alpha value is -0.640. The third kappa shape index (κ3) is 4.18. The van der Waals surface area contributed by atoms with Gasteiger partial charge in [-0.3, -0.25) is 5.43 Å². The number of nitrogens with zero attached hydrogens (tertiary/aromatic N) is 1. The summed E-state index contributed by atoms with van der Waals surface area (Å²) >= 11 is 30.0. The smallest absolute Gasteiger partial charge is 0.0935 e. The monoisotopic (exact) mass is 380 g/mol. The van der Waals surface area contributed by atoms with E-state index in [1.165, 1.54) is 0 Å². The molecule has 0 saturated carbocycles. The van der Waals surface area contributed by atoms with Crippen molar-refractivity contribution in [1.29, 1.82) is 0 Å². The van der Waals surface area contributed by atoms with Gasteiger partial charge in [0, 0.05) is 15.6 Å². The molecule has 0 unspecified atom stereocenters. The molecule has 2 rings (SSSR count). The standard InChI is InChI=1S/C14H9Cl5N2/c1-7(10-3-2-8(15)4-11(10)17)20-21-14-12(18)5-9(16)6-13(14)19/h2-6,21H,1H3/b20-7+. The summed E-state index contributed by atoms with van der Waals surface area (Å²) < 4.78 is 0. The fourth-order valence-electron chi connectivity index (χ4n) is 1.63. The highest BCUT2D eigenvalue weighted by molar-refractivity contribution is 6.41. The molecule has 0 fully saturated rings. The average molecular weight is 383 g/mol. The van der Waals surface area contributed by atoms with E-state index in [1.807, 2.05) is 0 Å². The second-order valence-corrected chi connectivity index (χ2v) is 6.27. The van der Waals surface area contributed by atoms with Gasteiger partial charge in [0.15, 0.2) is 0 Å². The number of halogens is 5. The van der Waals surface area contributed by atoms with Crippen molar-refractivity contribution in [3.05, 3.63) is 61.0 Å². The second kappa shape index (κ2) is 7.08. The van der Waals surface area contributed by atoms with Gasteiger partial charge in [-0.2, -0.15) is 5.10 Å². The maximum atomic E-state index is 6.13. The topological polar surface area (TPSA) is 24.4 Å². The number of hydrogen-bond donors (Lipinski definition) is 1. The van der Waals surface area contributed by atoms with E-state index in [9.17, 15) is 0 Å². The number of benzene rings is 2. The molecule has 21 heavy (non-hydrogen) atoms. The van der Waals surface area contributed by atoms with Crippen LogP contribution in [0.2, 0.25) is 25.1 Å². The molecule has 0 amide bonds. The van der Waals surface area contributed by atoms with E-state index in [4.69, 9.17) is 58.0 Å². The van der Waals surface area contributed by atoms with Crippen LogP contribution in [-0.4, -0.2) is 5.71 Å². The molecule has 0 spiro atoms. The molecule has 0 atom stereocenters. The van der Waals surface area contributed by atoms with Gasteiger partial charge in [-0.15, -0.1) is 0 Å². The number of nitrogens with one attached hydrogen (secondary N) is 1. The van der Waals surface area contributed by atoms with Gasteiger partial charge < -0.3 is 0 Å². The number of anilines is 1. The van der Waals surface area contributed by atoms with E-state index >= 15 is 0 Å². The largest absolute Gasteiger partial charge is 0.275 e. The number of rotatable bonds is 3. The highest BCUT2D eigenvalue weighted by Crippen LogP contribution is 2.33. The third-order valence-electron chi connectivity index (χ3n) is 2.66. The van der Waals surface area contributed by atoms with Gasteiger partial charge in [-0.05, 0) is 31.2 Å². The zero-order chi connectivity index (χ0) is 15.6. The van der Waals surface area contributed by atoms with Gasteiger partial charge >= 0.3 is 0 Å². The molecule has 7 heteroatoms. The fourth-order valence-corrected chi connectivity index (χ4v) is 3.08. The average Bonchev–Trinajstić information content (AvgIpc) is 2.36. The van der Waals surface area contributed by atoms with Crippen molar-refractivity contribution >= 4 is 69.4 Å². The summed E-state index contributed by atoms with van der Waals surface area (Å²) in [7, 11) is 0. The Morgan fingerprint density at radius 3 is 2.00 bits per heavy atom. The number of hydrazone groups is 1. The van der Waals surface area contributed by atoms with E-state index < -0.39 is 0 Å². The van der Waals surface area contributed by atoms with Crippen LogP contribution in [0.15, 0.2) is 35.4 Å². The van der Waals surface area contributed by atoms with Gasteiger partial charge in [-0.25, -0.2) is 0 Å².